The lowest BCUT2D eigenvalue weighted by molar-refractivity contribution is -0.146. The van der Waals surface area contributed by atoms with Crippen molar-refractivity contribution >= 4 is 17.8 Å². The molecule has 2 aliphatic heterocycles. The van der Waals surface area contributed by atoms with Gasteiger partial charge in [0.2, 0.25) is 0 Å². The molecule has 0 aliphatic carbocycles. The van der Waals surface area contributed by atoms with E-state index in [1.54, 1.807) is 13.0 Å². The highest BCUT2D eigenvalue weighted by Crippen LogP contribution is 2.54. The minimum atomic E-state index is -0.607. The summed E-state index contributed by atoms with van der Waals surface area (Å²) in [5.41, 5.74) is 0.733. The summed E-state index contributed by atoms with van der Waals surface area (Å²) in [5, 5.41) is 11.1. The van der Waals surface area contributed by atoms with E-state index in [4.69, 9.17) is 14.2 Å². The summed E-state index contributed by atoms with van der Waals surface area (Å²) < 4.78 is 17.7. The summed E-state index contributed by atoms with van der Waals surface area (Å²) in [4.78, 5) is 25.9. The predicted octanol–water partition coefficient (Wildman–Crippen LogP) is 5.26. The lowest BCUT2D eigenvalue weighted by atomic mass is 9.76. The van der Waals surface area contributed by atoms with Crippen LogP contribution >= 0.6 is 0 Å². The molecule has 0 aromatic heterocycles. The smallest absolute Gasteiger partial charge is 0.309 e. The number of methoxy groups -OCH3 is 1. The van der Waals surface area contributed by atoms with Gasteiger partial charge >= 0.3 is 5.97 Å². The van der Waals surface area contributed by atoms with Gasteiger partial charge in [0.25, 0.3) is 0 Å². The van der Waals surface area contributed by atoms with Crippen molar-refractivity contribution in [1.29, 1.82) is 0 Å². The number of aromatic hydroxyl groups is 1. The number of phenolic OH excluding ortho intramolecular Hbond substituents is 1. The molecule has 2 heterocycles. The molecule has 6 heteroatoms. The van der Waals surface area contributed by atoms with Crippen LogP contribution in [-0.4, -0.2) is 35.7 Å². The van der Waals surface area contributed by atoms with Gasteiger partial charge in [-0.05, 0) is 45.8 Å². The minimum absolute atomic E-state index is 0.120. The molecule has 0 saturated heterocycles. The fourth-order valence-corrected chi connectivity index (χ4v) is 4.62. The Morgan fingerprint density at radius 2 is 1.94 bits per heavy atom. The molecule has 4 unspecified atom stereocenters. The number of esters is 1. The van der Waals surface area contributed by atoms with E-state index in [1.165, 1.54) is 7.11 Å². The molecule has 170 valence electrons. The monoisotopic (exact) mass is 430 g/mol. The van der Waals surface area contributed by atoms with Crippen molar-refractivity contribution in [3.8, 4) is 17.2 Å². The molecule has 1 aromatic rings. The van der Waals surface area contributed by atoms with Gasteiger partial charge in [0, 0.05) is 11.5 Å². The van der Waals surface area contributed by atoms with Gasteiger partial charge in [-0.3, -0.25) is 9.59 Å². The lowest BCUT2D eigenvalue weighted by Gasteiger charge is -2.38. The number of ketones is 1. The standard InChI is InChI=1S/C25H34O6/c1-8-10-16(15(9-2)24(28)29-7)18-22-17(11-12-25(5,6)31-22)21(27)19-20(26)13(3)14(4)30-23(18)19/h11-16,27H,8-10H2,1-7H3. The van der Waals surface area contributed by atoms with E-state index in [9.17, 15) is 14.7 Å². The normalized spacial score (nSPS) is 23.1. The summed E-state index contributed by atoms with van der Waals surface area (Å²) in [7, 11) is 1.39. The van der Waals surface area contributed by atoms with Crippen molar-refractivity contribution < 1.29 is 28.9 Å². The zero-order valence-electron chi connectivity index (χ0n) is 19.6. The van der Waals surface area contributed by atoms with Crippen LogP contribution in [0.1, 0.15) is 88.2 Å². The second-order valence-electron chi connectivity index (χ2n) is 9.16. The van der Waals surface area contributed by atoms with Gasteiger partial charge in [-0.1, -0.05) is 27.2 Å². The number of fused-ring (bicyclic) bond motifs is 2. The van der Waals surface area contributed by atoms with Gasteiger partial charge in [-0.25, -0.2) is 0 Å². The van der Waals surface area contributed by atoms with E-state index in [2.05, 4.69) is 6.92 Å². The number of Topliss-reactive ketones (excluding diaryl/α,β-unsaturated/α-hetero) is 1. The van der Waals surface area contributed by atoms with Crippen molar-refractivity contribution in [2.24, 2.45) is 11.8 Å². The molecule has 0 spiro atoms. The molecule has 1 aromatic carbocycles. The van der Waals surface area contributed by atoms with Crippen molar-refractivity contribution in [3.05, 3.63) is 22.8 Å². The molecule has 0 fully saturated rings. The Morgan fingerprint density at radius 1 is 1.26 bits per heavy atom. The van der Waals surface area contributed by atoms with E-state index in [1.807, 2.05) is 33.8 Å². The van der Waals surface area contributed by atoms with E-state index in [-0.39, 0.29) is 41.0 Å². The minimum Gasteiger partial charge on any atom is -0.506 e. The zero-order chi connectivity index (χ0) is 23.1. The van der Waals surface area contributed by atoms with E-state index < -0.39 is 11.5 Å². The summed E-state index contributed by atoms with van der Waals surface area (Å²) in [6.07, 6.45) is 5.38. The van der Waals surface area contributed by atoms with Gasteiger partial charge in [0.05, 0.1) is 24.5 Å². The number of carbonyl (C=O) groups excluding carboxylic acids is 2. The molecule has 6 nitrogen and oxygen atoms in total. The third kappa shape index (κ3) is 3.92. The summed E-state index contributed by atoms with van der Waals surface area (Å²) in [6.45, 7) is 11.5. The quantitative estimate of drug-likeness (QED) is 0.620. The maximum atomic E-state index is 13.2. The molecule has 0 radical (unpaired) electrons. The number of benzene rings is 1. The molecule has 0 saturated carbocycles. The van der Waals surface area contributed by atoms with Crippen molar-refractivity contribution in [1.82, 2.24) is 0 Å². The molecule has 0 amide bonds. The number of hydrogen-bond donors (Lipinski definition) is 1. The molecular weight excluding hydrogens is 396 g/mol. The van der Waals surface area contributed by atoms with Gasteiger partial charge in [0.1, 0.15) is 34.5 Å². The van der Waals surface area contributed by atoms with Crippen molar-refractivity contribution in [3.63, 3.8) is 0 Å². The molecule has 31 heavy (non-hydrogen) atoms. The topological polar surface area (TPSA) is 82.1 Å². The highest BCUT2D eigenvalue weighted by Gasteiger charge is 2.43. The Labute approximate surface area is 184 Å². The van der Waals surface area contributed by atoms with Crippen LogP contribution in [0.4, 0.5) is 0 Å². The third-order valence-corrected chi connectivity index (χ3v) is 6.54. The van der Waals surface area contributed by atoms with E-state index in [0.29, 0.717) is 35.5 Å². The first-order valence-corrected chi connectivity index (χ1v) is 11.2. The van der Waals surface area contributed by atoms with Crippen LogP contribution in [0.5, 0.6) is 17.2 Å². The largest absolute Gasteiger partial charge is 0.506 e. The van der Waals surface area contributed by atoms with Crippen LogP contribution in [0.2, 0.25) is 0 Å². The second-order valence-corrected chi connectivity index (χ2v) is 9.16. The van der Waals surface area contributed by atoms with Crippen molar-refractivity contribution in [2.75, 3.05) is 7.11 Å². The number of phenols is 1. The van der Waals surface area contributed by atoms with Gasteiger partial charge in [-0.15, -0.1) is 0 Å². The first kappa shape index (κ1) is 23.2. The molecular formula is C25H34O6. The maximum Gasteiger partial charge on any atom is 0.309 e. The number of ether oxygens (including phenoxy) is 3. The zero-order valence-corrected chi connectivity index (χ0v) is 19.6. The SMILES string of the molecule is CCCC(c1c2c(c(O)c3c1OC(C)C(C)C3=O)C=CC(C)(C)O2)C(CC)C(=O)OC. The van der Waals surface area contributed by atoms with Crippen molar-refractivity contribution in [2.45, 2.75) is 78.4 Å². The van der Waals surface area contributed by atoms with Crippen LogP contribution in [0.15, 0.2) is 6.08 Å². The van der Waals surface area contributed by atoms with Gasteiger partial charge in [0.15, 0.2) is 5.78 Å². The fourth-order valence-electron chi connectivity index (χ4n) is 4.62. The van der Waals surface area contributed by atoms with E-state index >= 15 is 0 Å². The second kappa shape index (κ2) is 8.56. The Morgan fingerprint density at radius 3 is 2.52 bits per heavy atom. The molecule has 4 atom stereocenters. The number of carbonyl (C=O) groups is 2. The summed E-state index contributed by atoms with van der Waals surface area (Å²) >= 11 is 0. The van der Waals surface area contributed by atoms with Crippen LogP contribution in [0, 0.1) is 11.8 Å². The Hall–Kier alpha value is -2.50. The highest BCUT2D eigenvalue weighted by molar-refractivity contribution is 6.06. The lowest BCUT2D eigenvalue weighted by Crippen LogP contribution is -2.36. The van der Waals surface area contributed by atoms with Crippen LogP contribution in [-0.2, 0) is 9.53 Å². The summed E-state index contributed by atoms with van der Waals surface area (Å²) in [5.74, 6) is -0.833. The first-order chi connectivity index (χ1) is 14.6. The maximum absolute atomic E-state index is 13.2. The Bertz CT molecular complexity index is 913. The highest BCUT2D eigenvalue weighted by atomic mass is 16.5. The van der Waals surface area contributed by atoms with E-state index in [0.717, 1.165) is 6.42 Å². The average molecular weight is 431 g/mol. The third-order valence-electron chi connectivity index (χ3n) is 6.54. The number of rotatable bonds is 6. The molecule has 3 rings (SSSR count). The fraction of sp³-hybridized carbons (Fsp3) is 0.600. The predicted molar refractivity (Wildman–Crippen MR) is 119 cm³/mol. The molecule has 1 N–H and O–H groups in total. The van der Waals surface area contributed by atoms with Crippen LogP contribution < -0.4 is 9.47 Å². The molecule has 0 bridgehead atoms. The summed E-state index contributed by atoms with van der Waals surface area (Å²) in [6, 6.07) is 0. The number of hydrogen-bond acceptors (Lipinski definition) is 6. The van der Waals surface area contributed by atoms with Gasteiger partial charge in [-0.2, -0.15) is 0 Å². The van der Waals surface area contributed by atoms with Crippen LogP contribution in [0.3, 0.4) is 0 Å². The Kier molecular flexibility index (Phi) is 6.40. The first-order valence-electron chi connectivity index (χ1n) is 11.2. The van der Waals surface area contributed by atoms with Crippen LogP contribution in [0.25, 0.3) is 6.08 Å². The molecule has 2 aliphatic rings. The average Bonchev–Trinajstić information content (AvgIpc) is 2.71. The Balaban J connectivity index is 2.38. The van der Waals surface area contributed by atoms with Gasteiger partial charge < -0.3 is 19.3 Å².